The van der Waals surface area contributed by atoms with Crippen LogP contribution >= 0.6 is 9.47 Å². The molecule has 0 radical (unpaired) electrons. The van der Waals surface area contributed by atoms with Crippen molar-refractivity contribution in [1.82, 2.24) is 0 Å². The first-order chi connectivity index (χ1) is 4.88. The third-order valence-electron chi connectivity index (χ3n) is 1.27. The van der Waals surface area contributed by atoms with Crippen LogP contribution in [-0.2, 0) is 0 Å². The van der Waals surface area contributed by atoms with Crippen molar-refractivity contribution >= 4 is 15.5 Å². The summed E-state index contributed by atoms with van der Waals surface area (Å²) in [5.41, 5.74) is 1.01. The Balaban J connectivity index is 3.08. The number of hydrogen-bond donors (Lipinski definition) is 0. The number of benzene rings is 1. The summed E-state index contributed by atoms with van der Waals surface area (Å²) in [6.45, 7) is 3.65. The highest BCUT2D eigenvalue weighted by molar-refractivity contribution is 7.10. The summed E-state index contributed by atoms with van der Waals surface area (Å²) >= 11 is 0. The molecule has 1 aromatic rings. The molecule has 0 aliphatic heterocycles. The van der Waals surface area contributed by atoms with Crippen molar-refractivity contribution in [2.45, 2.75) is 0 Å². The zero-order valence-electron chi connectivity index (χ0n) is 5.58. The van der Waals surface area contributed by atoms with E-state index in [1.54, 1.807) is 6.08 Å². The van der Waals surface area contributed by atoms with E-state index < -0.39 is 0 Å². The summed E-state index contributed by atoms with van der Waals surface area (Å²) in [5.74, 6) is 0.836. The molecule has 1 unspecified atom stereocenters. The molecule has 1 atom stereocenters. The van der Waals surface area contributed by atoms with E-state index in [9.17, 15) is 0 Å². The lowest BCUT2D eigenvalue weighted by Crippen LogP contribution is -1.77. The van der Waals surface area contributed by atoms with Gasteiger partial charge in [-0.1, -0.05) is 30.9 Å². The molecule has 0 spiro atoms. The Bertz CT molecular complexity index is 232. The van der Waals surface area contributed by atoms with Gasteiger partial charge in [-0.3, -0.25) is 0 Å². The molecule has 0 amide bonds. The second-order valence-corrected chi connectivity index (χ2v) is 2.10. The van der Waals surface area contributed by atoms with E-state index in [0.29, 0.717) is 0 Å². The molecule has 10 heavy (non-hydrogen) atoms. The zero-order chi connectivity index (χ0) is 7.40. The molecule has 0 fully saturated rings. The smallest absolute Gasteiger partial charge is 0.129 e. The predicted molar refractivity (Wildman–Crippen MR) is 46.9 cm³/mol. The van der Waals surface area contributed by atoms with Crippen LogP contribution in [0.15, 0.2) is 30.8 Å². The largest absolute Gasteiger partial charge is 0.480 e. The van der Waals surface area contributed by atoms with E-state index in [1.807, 2.05) is 24.3 Å². The van der Waals surface area contributed by atoms with Crippen LogP contribution in [-0.4, -0.2) is 0 Å². The van der Waals surface area contributed by atoms with Crippen LogP contribution in [0.25, 0.3) is 6.08 Å². The van der Waals surface area contributed by atoms with Crippen LogP contribution in [0.1, 0.15) is 5.56 Å². The average Bonchev–Trinajstić information content (AvgIpc) is 2.04. The minimum atomic E-state index is 0.836. The van der Waals surface area contributed by atoms with Crippen molar-refractivity contribution in [1.29, 1.82) is 0 Å². The Morgan fingerprint density at radius 3 is 2.60 bits per heavy atom. The topological polar surface area (TPSA) is 9.23 Å². The van der Waals surface area contributed by atoms with Gasteiger partial charge >= 0.3 is 0 Å². The first-order valence-electron chi connectivity index (χ1n) is 2.96. The molecule has 0 aliphatic rings. The van der Waals surface area contributed by atoms with Gasteiger partial charge < -0.3 is 4.52 Å². The van der Waals surface area contributed by atoms with E-state index in [2.05, 4.69) is 16.0 Å². The number of hydrogen-bond acceptors (Lipinski definition) is 1. The summed E-state index contributed by atoms with van der Waals surface area (Å²) < 4.78 is 4.98. The number of rotatable bonds is 2. The molecule has 0 saturated carbocycles. The Morgan fingerprint density at radius 1 is 1.40 bits per heavy atom. The molecule has 0 saturated heterocycles. The first kappa shape index (κ1) is 7.30. The second kappa shape index (κ2) is 3.38. The van der Waals surface area contributed by atoms with Crippen molar-refractivity contribution in [3.8, 4) is 5.75 Å². The third-order valence-corrected chi connectivity index (χ3v) is 1.52. The van der Waals surface area contributed by atoms with Crippen LogP contribution in [0, 0.1) is 0 Å². The van der Waals surface area contributed by atoms with Gasteiger partial charge in [0, 0.05) is 5.56 Å². The highest BCUT2D eigenvalue weighted by Gasteiger charge is 1.93. The first-order valence-corrected chi connectivity index (χ1v) is 3.44. The Morgan fingerprint density at radius 2 is 2.10 bits per heavy atom. The molecule has 0 N–H and O–H groups in total. The molecule has 0 heterocycles. The lowest BCUT2D eigenvalue weighted by Gasteiger charge is -2.01. The zero-order valence-corrected chi connectivity index (χ0v) is 6.73. The Labute approximate surface area is 63.0 Å². The van der Waals surface area contributed by atoms with Crippen LogP contribution in [0.4, 0.5) is 0 Å². The van der Waals surface area contributed by atoms with Crippen molar-refractivity contribution in [3.05, 3.63) is 36.4 Å². The molecular formula is C8H9OP. The average molecular weight is 152 g/mol. The predicted octanol–water partition coefficient (Wildman–Crippen LogP) is 2.50. The monoisotopic (exact) mass is 152 g/mol. The maximum atomic E-state index is 4.98. The molecule has 2 heteroatoms. The molecule has 1 nitrogen and oxygen atoms in total. The van der Waals surface area contributed by atoms with Gasteiger partial charge in [0.05, 0.1) is 9.47 Å². The second-order valence-electron chi connectivity index (χ2n) is 1.86. The van der Waals surface area contributed by atoms with E-state index in [4.69, 9.17) is 4.52 Å². The van der Waals surface area contributed by atoms with Crippen LogP contribution in [0.3, 0.4) is 0 Å². The van der Waals surface area contributed by atoms with Gasteiger partial charge in [-0.2, -0.15) is 0 Å². The van der Waals surface area contributed by atoms with Gasteiger partial charge in [-0.15, -0.1) is 0 Å². The summed E-state index contributed by atoms with van der Waals surface area (Å²) in [7, 11) is 2.21. The molecule has 0 bridgehead atoms. The maximum absolute atomic E-state index is 4.98. The minimum Gasteiger partial charge on any atom is -0.480 e. The lowest BCUT2D eigenvalue weighted by atomic mass is 10.2. The molecular weight excluding hydrogens is 143 g/mol. The van der Waals surface area contributed by atoms with E-state index in [-0.39, 0.29) is 0 Å². The van der Waals surface area contributed by atoms with E-state index in [1.165, 1.54) is 0 Å². The minimum absolute atomic E-state index is 0.836. The Kier molecular flexibility index (Phi) is 2.47. The highest BCUT2D eigenvalue weighted by atomic mass is 31.0. The maximum Gasteiger partial charge on any atom is 0.129 e. The molecule has 0 aromatic heterocycles. The fourth-order valence-corrected chi connectivity index (χ4v) is 0.971. The molecule has 1 rings (SSSR count). The van der Waals surface area contributed by atoms with Crippen LogP contribution < -0.4 is 4.52 Å². The third kappa shape index (κ3) is 1.37. The fraction of sp³-hybridized carbons (Fsp3) is 0. The van der Waals surface area contributed by atoms with Crippen molar-refractivity contribution in [2.24, 2.45) is 0 Å². The van der Waals surface area contributed by atoms with Gasteiger partial charge in [0.25, 0.3) is 0 Å². The van der Waals surface area contributed by atoms with Crippen molar-refractivity contribution < 1.29 is 4.52 Å². The quantitative estimate of drug-likeness (QED) is 0.591. The molecule has 1 aromatic carbocycles. The van der Waals surface area contributed by atoms with Crippen molar-refractivity contribution in [3.63, 3.8) is 0 Å². The van der Waals surface area contributed by atoms with Gasteiger partial charge in [0.15, 0.2) is 0 Å². The van der Waals surface area contributed by atoms with Gasteiger partial charge in [-0.25, -0.2) is 0 Å². The number of para-hydroxylation sites is 1. The summed E-state index contributed by atoms with van der Waals surface area (Å²) in [6.07, 6.45) is 1.76. The Hall–Kier alpha value is -0.810. The standard InChI is InChI=1S/C8H9OP/c1-2-7-5-3-4-6-8(7)9-10/h2-6H,1,10H2. The van der Waals surface area contributed by atoms with Crippen LogP contribution in [0.5, 0.6) is 5.75 Å². The van der Waals surface area contributed by atoms with Gasteiger partial charge in [0.1, 0.15) is 5.75 Å². The van der Waals surface area contributed by atoms with Gasteiger partial charge in [0.2, 0.25) is 0 Å². The molecule has 0 aliphatic carbocycles. The summed E-state index contributed by atoms with van der Waals surface area (Å²) in [6, 6.07) is 7.72. The normalized spacial score (nSPS) is 8.90. The summed E-state index contributed by atoms with van der Waals surface area (Å²) in [4.78, 5) is 0. The summed E-state index contributed by atoms with van der Waals surface area (Å²) in [5, 5.41) is 0. The van der Waals surface area contributed by atoms with E-state index in [0.717, 1.165) is 11.3 Å². The SMILES string of the molecule is C=Cc1ccccc1OP. The van der Waals surface area contributed by atoms with E-state index >= 15 is 0 Å². The highest BCUT2D eigenvalue weighted by Crippen LogP contribution is 2.20. The lowest BCUT2D eigenvalue weighted by molar-refractivity contribution is 0.644. The van der Waals surface area contributed by atoms with Crippen LogP contribution in [0.2, 0.25) is 0 Å². The van der Waals surface area contributed by atoms with Gasteiger partial charge in [-0.05, 0) is 6.07 Å². The van der Waals surface area contributed by atoms with Crippen molar-refractivity contribution in [2.75, 3.05) is 0 Å². The molecule has 52 valence electrons. The fourth-order valence-electron chi connectivity index (χ4n) is 0.756.